The van der Waals surface area contributed by atoms with E-state index in [2.05, 4.69) is 25.2 Å². The van der Waals surface area contributed by atoms with Gasteiger partial charge in [-0.25, -0.2) is 0 Å². The van der Waals surface area contributed by atoms with Crippen molar-refractivity contribution in [3.05, 3.63) is 24.5 Å². The Morgan fingerprint density at radius 2 is 2.05 bits per heavy atom. The molecule has 1 aliphatic heterocycles. The predicted molar refractivity (Wildman–Crippen MR) is 69.1 cm³/mol. The van der Waals surface area contributed by atoms with Gasteiger partial charge >= 0.3 is 0 Å². The number of morpholine rings is 1. The zero-order valence-electron chi connectivity index (χ0n) is 10.2. The second kappa shape index (κ2) is 4.13. The van der Waals surface area contributed by atoms with Gasteiger partial charge in [-0.15, -0.1) is 10.2 Å². The molecule has 0 atom stereocenters. The summed E-state index contributed by atoms with van der Waals surface area (Å²) in [4.78, 5) is 6.49. The van der Waals surface area contributed by atoms with Crippen LogP contribution in [0.1, 0.15) is 0 Å². The van der Waals surface area contributed by atoms with Gasteiger partial charge in [-0.2, -0.15) is 9.61 Å². The number of nitrogens with zero attached hydrogens (tertiary/aromatic N) is 6. The maximum atomic E-state index is 5.35. The molecule has 3 aromatic rings. The van der Waals surface area contributed by atoms with Gasteiger partial charge in [0.25, 0.3) is 0 Å². The number of fused-ring (bicyclic) bond motifs is 3. The largest absolute Gasteiger partial charge is 0.378 e. The van der Waals surface area contributed by atoms with Crippen molar-refractivity contribution >= 4 is 22.5 Å². The second-order valence-electron chi connectivity index (χ2n) is 4.42. The molecule has 1 fully saturated rings. The number of anilines is 1. The molecular weight excluding hydrogens is 244 g/mol. The summed E-state index contributed by atoms with van der Waals surface area (Å²) in [6, 6.07) is 3.86. The van der Waals surface area contributed by atoms with Crippen molar-refractivity contribution in [2.75, 3.05) is 31.2 Å². The van der Waals surface area contributed by atoms with Crippen molar-refractivity contribution in [1.29, 1.82) is 0 Å². The van der Waals surface area contributed by atoms with Crippen LogP contribution in [0.15, 0.2) is 24.5 Å². The summed E-state index contributed by atoms with van der Waals surface area (Å²) in [5, 5.41) is 13.9. The van der Waals surface area contributed by atoms with Crippen LogP contribution in [0.2, 0.25) is 0 Å². The number of ether oxygens (including phenoxy) is 1. The van der Waals surface area contributed by atoms with Crippen molar-refractivity contribution in [3.8, 4) is 0 Å². The molecule has 4 heterocycles. The van der Waals surface area contributed by atoms with E-state index in [1.807, 2.05) is 12.1 Å². The minimum Gasteiger partial charge on any atom is -0.378 e. The van der Waals surface area contributed by atoms with E-state index in [-0.39, 0.29) is 0 Å². The molecule has 0 saturated carbocycles. The third-order valence-electron chi connectivity index (χ3n) is 3.28. The number of hydrogen-bond donors (Lipinski definition) is 0. The second-order valence-corrected chi connectivity index (χ2v) is 4.42. The average molecular weight is 256 g/mol. The van der Waals surface area contributed by atoms with Crippen LogP contribution < -0.4 is 4.90 Å². The summed E-state index contributed by atoms with van der Waals surface area (Å²) >= 11 is 0. The zero-order valence-corrected chi connectivity index (χ0v) is 10.2. The van der Waals surface area contributed by atoms with Gasteiger partial charge in [-0.05, 0) is 12.1 Å². The van der Waals surface area contributed by atoms with E-state index in [4.69, 9.17) is 4.74 Å². The van der Waals surface area contributed by atoms with Gasteiger partial charge in [0.05, 0.1) is 19.4 Å². The Labute approximate surface area is 108 Å². The molecule has 0 aromatic carbocycles. The maximum Gasteiger partial charge on any atom is 0.248 e. The fourth-order valence-corrected chi connectivity index (χ4v) is 2.31. The fraction of sp³-hybridized carbons (Fsp3) is 0.333. The van der Waals surface area contributed by atoms with E-state index >= 15 is 0 Å². The highest BCUT2D eigenvalue weighted by Gasteiger charge is 2.18. The van der Waals surface area contributed by atoms with Gasteiger partial charge in [0.2, 0.25) is 11.6 Å². The highest BCUT2D eigenvalue weighted by Crippen LogP contribution is 2.19. The van der Waals surface area contributed by atoms with E-state index < -0.39 is 0 Å². The van der Waals surface area contributed by atoms with Crippen LogP contribution in [-0.2, 0) is 4.74 Å². The Morgan fingerprint density at radius 3 is 2.95 bits per heavy atom. The molecule has 1 saturated heterocycles. The molecule has 7 nitrogen and oxygen atoms in total. The Morgan fingerprint density at radius 1 is 1.16 bits per heavy atom. The first-order chi connectivity index (χ1) is 9.43. The van der Waals surface area contributed by atoms with Crippen LogP contribution in [0.4, 0.5) is 5.95 Å². The van der Waals surface area contributed by atoms with Crippen LogP contribution >= 0.6 is 0 Å². The molecule has 0 spiro atoms. The monoisotopic (exact) mass is 256 g/mol. The molecule has 0 radical (unpaired) electrons. The number of aromatic nitrogens is 5. The normalized spacial score (nSPS) is 16.3. The third-order valence-corrected chi connectivity index (χ3v) is 3.28. The summed E-state index contributed by atoms with van der Waals surface area (Å²) in [6.07, 6.45) is 3.55. The highest BCUT2D eigenvalue weighted by atomic mass is 16.5. The Kier molecular flexibility index (Phi) is 2.31. The SMILES string of the molecule is c1cnc2c(c1)cnn1c(N3CCOCC3)nnc21. The van der Waals surface area contributed by atoms with Crippen molar-refractivity contribution in [2.24, 2.45) is 0 Å². The van der Waals surface area contributed by atoms with Crippen LogP contribution in [0.25, 0.3) is 16.6 Å². The van der Waals surface area contributed by atoms with Gasteiger partial charge in [0, 0.05) is 24.7 Å². The van der Waals surface area contributed by atoms with Gasteiger partial charge in [-0.1, -0.05) is 0 Å². The number of pyridine rings is 1. The summed E-state index contributed by atoms with van der Waals surface area (Å²) in [7, 11) is 0. The smallest absolute Gasteiger partial charge is 0.248 e. The third kappa shape index (κ3) is 1.62. The van der Waals surface area contributed by atoms with Gasteiger partial charge in [0.15, 0.2) is 0 Å². The summed E-state index contributed by atoms with van der Waals surface area (Å²) in [6.45, 7) is 3.03. The molecule has 3 aromatic heterocycles. The van der Waals surface area contributed by atoms with E-state index in [0.29, 0.717) is 18.9 Å². The average Bonchev–Trinajstić information content (AvgIpc) is 2.92. The summed E-state index contributed by atoms with van der Waals surface area (Å²) in [5.74, 6) is 0.755. The number of hydrogen-bond acceptors (Lipinski definition) is 6. The van der Waals surface area contributed by atoms with E-state index in [1.54, 1.807) is 16.9 Å². The van der Waals surface area contributed by atoms with Gasteiger partial charge in [0.1, 0.15) is 5.52 Å². The molecule has 0 unspecified atom stereocenters. The summed E-state index contributed by atoms with van der Waals surface area (Å²) < 4.78 is 7.10. The Balaban J connectivity index is 1.91. The van der Waals surface area contributed by atoms with Crippen molar-refractivity contribution < 1.29 is 4.74 Å². The van der Waals surface area contributed by atoms with Crippen LogP contribution in [0, 0.1) is 0 Å². The van der Waals surface area contributed by atoms with E-state index in [9.17, 15) is 0 Å². The lowest BCUT2D eigenvalue weighted by Gasteiger charge is -2.26. The highest BCUT2D eigenvalue weighted by molar-refractivity contribution is 5.89. The topological polar surface area (TPSA) is 68.4 Å². The Bertz CT molecular complexity index is 733. The summed E-state index contributed by atoms with van der Waals surface area (Å²) in [5.41, 5.74) is 1.52. The molecule has 7 heteroatoms. The minimum atomic E-state index is 0.694. The zero-order chi connectivity index (χ0) is 12.7. The first kappa shape index (κ1) is 10.6. The van der Waals surface area contributed by atoms with Gasteiger partial charge < -0.3 is 9.64 Å². The molecule has 0 amide bonds. The number of rotatable bonds is 1. The first-order valence-corrected chi connectivity index (χ1v) is 6.21. The van der Waals surface area contributed by atoms with Crippen molar-refractivity contribution in [3.63, 3.8) is 0 Å². The van der Waals surface area contributed by atoms with Crippen LogP contribution in [-0.4, -0.2) is 51.1 Å². The van der Waals surface area contributed by atoms with Crippen LogP contribution in [0.5, 0.6) is 0 Å². The first-order valence-electron chi connectivity index (χ1n) is 6.21. The lowest BCUT2D eigenvalue weighted by atomic mass is 10.3. The van der Waals surface area contributed by atoms with E-state index in [0.717, 1.165) is 29.9 Å². The van der Waals surface area contributed by atoms with Crippen molar-refractivity contribution in [2.45, 2.75) is 0 Å². The molecule has 0 N–H and O–H groups in total. The van der Waals surface area contributed by atoms with Gasteiger partial charge in [-0.3, -0.25) is 4.98 Å². The van der Waals surface area contributed by atoms with Crippen LogP contribution in [0.3, 0.4) is 0 Å². The molecule has 96 valence electrons. The minimum absolute atomic E-state index is 0.694. The molecule has 0 aliphatic carbocycles. The quantitative estimate of drug-likeness (QED) is 0.632. The molecule has 19 heavy (non-hydrogen) atoms. The molecular formula is C12H12N6O. The Hall–Kier alpha value is -2.28. The maximum absolute atomic E-state index is 5.35. The molecule has 4 rings (SSSR count). The standard InChI is InChI=1S/C12H12N6O/c1-2-9-8-14-18-11(10(9)13-3-1)15-16-12(18)17-4-6-19-7-5-17/h1-3,8H,4-7H2. The van der Waals surface area contributed by atoms with E-state index in [1.165, 1.54) is 0 Å². The fourth-order valence-electron chi connectivity index (χ4n) is 2.31. The lowest BCUT2D eigenvalue weighted by Crippen LogP contribution is -2.37. The lowest BCUT2D eigenvalue weighted by molar-refractivity contribution is 0.122. The predicted octanol–water partition coefficient (Wildman–Crippen LogP) is 0.509. The van der Waals surface area contributed by atoms with Crippen molar-refractivity contribution in [1.82, 2.24) is 24.8 Å². The molecule has 0 bridgehead atoms. The molecule has 1 aliphatic rings.